The zero-order chi connectivity index (χ0) is 11.4. The van der Waals surface area contributed by atoms with Crippen LogP contribution < -0.4 is 11.1 Å². The predicted molar refractivity (Wildman–Crippen MR) is 61.9 cm³/mol. The van der Waals surface area contributed by atoms with Crippen LogP contribution in [-0.2, 0) is 9.53 Å². The molecule has 2 rings (SSSR count). The fraction of sp³-hybridized carbons (Fsp3) is 0.917. The highest BCUT2D eigenvalue weighted by atomic mass is 16.5. The molecule has 1 amide bonds. The van der Waals surface area contributed by atoms with E-state index in [0.29, 0.717) is 18.5 Å². The summed E-state index contributed by atoms with van der Waals surface area (Å²) < 4.78 is 5.26. The average molecular weight is 226 g/mol. The van der Waals surface area contributed by atoms with Crippen LogP contribution in [0.1, 0.15) is 32.1 Å². The Bertz CT molecular complexity index is 239. The standard InChI is InChI=1S/C12H22N2O2/c13-8-10-2-1-3-11(10)14-12(15)9-4-6-16-7-5-9/h9-11H,1-8,13H2,(H,14,15). The van der Waals surface area contributed by atoms with Crippen molar-refractivity contribution in [2.45, 2.75) is 38.1 Å². The highest BCUT2D eigenvalue weighted by Crippen LogP contribution is 2.25. The minimum atomic E-state index is 0.160. The van der Waals surface area contributed by atoms with Gasteiger partial charge in [0.05, 0.1) is 0 Å². The molecule has 0 aromatic heterocycles. The number of nitrogens with one attached hydrogen (secondary N) is 1. The number of carbonyl (C=O) groups excluding carboxylic acids is 1. The molecule has 1 saturated carbocycles. The van der Waals surface area contributed by atoms with Crippen LogP contribution in [0, 0.1) is 11.8 Å². The van der Waals surface area contributed by atoms with Gasteiger partial charge < -0.3 is 15.8 Å². The maximum atomic E-state index is 12.0. The molecule has 1 saturated heterocycles. The number of nitrogens with two attached hydrogens (primary N) is 1. The first kappa shape index (κ1) is 11.9. The number of rotatable bonds is 3. The Morgan fingerprint density at radius 1 is 1.25 bits per heavy atom. The zero-order valence-corrected chi connectivity index (χ0v) is 9.78. The third-order valence-electron chi connectivity index (χ3n) is 3.88. The van der Waals surface area contributed by atoms with Crippen molar-refractivity contribution in [2.24, 2.45) is 17.6 Å². The summed E-state index contributed by atoms with van der Waals surface area (Å²) in [5.41, 5.74) is 5.71. The molecule has 0 spiro atoms. The molecule has 1 aliphatic heterocycles. The van der Waals surface area contributed by atoms with E-state index >= 15 is 0 Å². The summed E-state index contributed by atoms with van der Waals surface area (Å²) in [6.07, 6.45) is 5.18. The second kappa shape index (κ2) is 5.64. The summed E-state index contributed by atoms with van der Waals surface area (Å²) in [5.74, 6) is 0.866. The van der Waals surface area contributed by atoms with Crippen molar-refractivity contribution >= 4 is 5.91 Å². The van der Waals surface area contributed by atoms with Gasteiger partial charge in [-0.2, -0.15) is 0 Å². The molecule has 4 nitrogen and oxygen atoms in total. The first-order valence-corrected chi connectivity index (χ1v) is 6.39. The molecule has 2 fully saturated rings. The third kappa shape index (κ3) is 2.74. The molecular formula is C12H22N2O2. The Hall–Kier alpha value is -0.610. The topological polar surface area (TPSA) is 64.3 Å². The lowest BCUT2D eigenvalue weighted by molar-refractivity contribution is -0.128. The van der Waals surface area contributed by atoms with E-state index < -0.39 is 0 Å². The van der Waals surface area contributed by atoms with Gasteiger partial charge >= 0.3 is 0 Å². The lowest BCUT2D eigenvalue weighted by Crippen LogP contribution is -2.43. The quantitative estimate of drug-likeness (QED) is 0.743. The summed E-state index contributed by atoms with van der Waals surface area (Å²) in [7, 11) is 0. The lowest BCUT2D eigenvalue weighted by atomic mass is 9.97. The summed E-state index contributed by atoms with van der Waals surface area (Å²) in [6.45, 7) is 2.14. The van der Waals surface area contributed by atoms with Gasteiger partial charge in [0.1, 0.15) is 0 Å². The van der Waals surface area contributed by atoms with E-state index in [1.54, 1.807) is 0 Å². The second-order valence-electron chi connectivity index (χ2n) is 4.93. The predicted octanol–water partition coefficient (Wildman–Crippen LogP) is 0.657. The molecule has 1 heterocycles. The van der Waals surface area contributed by atoms with Gasteiger partial charge in [-0.3, -0.25) is 4.79 Å². The maximum Gasteiger partial charge on any atom is 0.223 e. The van der Waals surface area contributed by atoms with Crippen LogP contribution in [0.2, 0.25) is 0 Å². The van der Waals surface area contributed by atoms with Gasteiger partial charge in [0.15, 0.2) is 0 Å². The van der Waals surface area contributed by atoms with E-state index in [2.05, 4.69) is 5.32 Å². The monoisotopic (exact) mass is 226 g/mol. The largest absolute Gasteiger partial charge is 0.381 e. The highest BCUT2D eigenvalue weighted by molar-refractivity contribution is 5.79. The van der Waals surface area contributed by atoms with Crippen LogP contribution in [0.3, 0.4) is 0 Å². The summed E-state index contributed by atoms with van der Waals surface area (Å²) in [6, 6.07) is 0.320. The molecular weight excluding hydrogens is 204 g/mol. The molecule has 2 atom stereocenters. The summed E-state index contributed by atoms with van der Waals surface area (Å²) >= 11 is 0. The third-order valence-corrected chi connectivity index (χ3v) is 3.88. The van der Waals surface area contributed by atoms with Crippen LogP contribution in [-0.4, -0.2) is 31.7 Å². The first-order valence-electron chi connectivity index (χ1n) is 6.39. The molecule has 0 radical (unpaired) electrons. The van der Waals surface area contributed by atoms with Crippen LogP contribution in [0.4, 0.5) is 0 Å². The van der Waals surface area contributed by atoms with Crippen molar-refractivity contribution in [3.63, 3.8) is 0 Å². The Labute approximate surface area is 96.9 Å². The van der Waals surface area contributed by atoms with Gasteiger partial charge in [0.2, 0.25) is 5.91 Å². The van der Waals surface area contributed by atoms with E-state index in [4.69, 9.17) is 10.5 Å². The van der Waals surface area contributed by atoms with E-state index in [0.717, 1.165) is 38.9 Å². The smallest absolute Gasteiger partial charge is 0.223 e. The minimum absolute atomic E-state index is 0.160. The fourth-order valence-corrected chi connectivity index (χ4v) is 2.77. The SMILES string of the molecule is NCC1CCCC1NC(=O)C1CCOCC1. The molecule has 2 aliphatic rings. The van der Waals surface area contributed by atoms with Gasteiger partial charge in [0.25, 0.3) is 0 Å². The molecule has 0 aromatic rings. The Balaban J connectivity index is 1.81. The van der Waals surface area contributed by atoms with Crippen molar-refractivity contribution < 1.29 is 9.53 Å². The Kier molecular flexibility index (Phi) is 4.18. The van der Waals surface area contributed by atoms with E-state index in [-0.39, 0.29) is 11.8 Å². The molecule has 0 bridgehead atoms. The molecule has 0 aromatic carbocycles. The van der Waals surface area contributed by atoms with Crippen LogP contribution in [0.15, 0.2) is 0 Å². The summed E-state index contributed by atoms with van der Waals surface area (Å²) in [5, 5.41) is 3.18. The van der Waals surface area contributed by atoms with Crippen LogP contribution in [0.5, 0.6) is 0 Å². The highest BCUT2D eigenvalue weighted by Gasteiger charge is 2.30. The Morgan fingerprint density at radius 2 is 2.00 bits per heavy atom. The van der Waals surface area contributed by atoms with E-state index in [1.165, 1.54) is 6.42 Å². The summed E-state index contributed by atoms with van der Waals surface area (Å²) in [4.78, 5) is 12.0. The van der Waals surface area contributed by atoms with Gasteiger partial charge in [-0.15, -0.1) is 0 Å². The van der Waals surface area contributed by atoms with Crippen molar-refractivity contribution in [2.75, 3.05) is 19.8 Å². The van der Waals surface area contributed by atoms with Crippen molar-refractivity contribution in [3.8, 4) is 0 Å². The van der Waals surface area contributed by atoms with Crippen LogP contribution >= 0.6 is 0 Å². The molecule has 2 unspecified atom stereocenters. The molecule has 4 heteroatoms. The second-order valence-corrected chi connectivity index (χ2v) is 4.93. The fourth-order valence-electron chi connectivity index (χ4n) is 2.77. The maximum absolute atomic E-state index is 12.0. The molecule has 92 valence electrons. The van der Waals surface area contributed by atoms with E-state index in [9.17, 15) is 4.79 Å². The lowest BCUT2D eigenvalue weighted by Gasteiger charge is -2.25. The molecule has 16 heavy (non-hydrogen) atoms. The van der Waals surface area contributed by atoms with Crippen molar-refractivity contribution in [3.05, 3.63) is 0 Å². The van der Waals surface area contributed by atoms with Crippen molar-refractivity contribution in [1.29, 1.82) is 0 Å². The average Bonchev–Trinajstić information content (AvgIpc) is 2.77. The van der Waals surface area contributed by atoms with Gasteiger partial charge in [-0.1, -0.05) is 6.42 Å². The van der Waals surface area contributed by atoms with Crippen molar-refractivity contribution in [1.82, 2.24) is 5.32 Å². The number of hydrogen-bond acceptors (Lipinski definition) is 3. The normalized spacial score (nSPS) is 31.6. The van der Waals surface area contributed by atoms with Crippen LogP contribution in [0.25, 0.3) is 0 Å². The van der Waals surface area contributed by atoms with Gasteiger partial charge in [0, 0.05) is 25.2 Å². The number of carbonyl (C=O) groups is 1. The molecule has 3 N–H and O–H groups in total. The first-order chi connectivity index (χ1) is 7.81. The Morgan fingerprint density at radius 3 is 2.69 bits per heavy atom. The number of amides is 1. The number of ether oxygens (including phenoxy) is 1. The molecule has 1 aliphatic carbocycles. The number of hydrogen-bond donors (Lipinski definition) is 2. The van der Waals surface area contributed by atoms with Gasteiger partial charge in [-0.25, -0.2) is 0 Å². The van der Waals surface area contributed by atoms with Gasteiger partial charge in [-0.05, 0) is 38.1 Å². The minimum Gasteiger partial charge on any atom is -0.381 e. The zero-order valence-electron chi connectivity index (χ0n) is 9.78. The van der Waals surface area contributed by atoms with E-state index in [1.807, 2.05) is 0 Å².